The average Bonchev–Trinajstić information content (AvgIpc) is 3.53. The van der Waals surface area contributed by atoms with Crippen LogP contribution in [0.3, 0.4) is 0 Å². The van der Waals surface area contributed by atoms with E-state index < -0.39 is 43.6 Å². The summed E-state index contributed by atoms with van der Waals surface area (Å²) < 4.78 is 70.4. The molecule has 0 bridgehead atoms. The van der Waals surface area contributed by atoms with Crippen molar-refractivity contribution in [3.05, 3.63) is 77.9 Å². The summed E-state index contributed by atoms with van der Waals surface area (Å²) in [5.41, 5.74) is 0.372. The Hall–Kier alpha value is -4.36. The Balaban J connectivity index is 1.74. The van der Waals surface area contributed by atoms with E-state index in [9.17, 15) is 26.4 Å². The Morgan fingerprint density at radius 3 is 2.30 bits per heavy atom. The molecule has 1 aromatic heterocycles. The van der Waals surface area contributed by atoms with Crippen molar-refractivity contribution in [2.75, 3.05) is 20.0 Å². The molecule has 5 rings (SSSR count). The Labute approximate surface area is 249 Å². The summed E-state index contributed by atoms with van der Waals surface area (Å²) in [6, 6.07) is 16.1. The first-order valence-electron chi connectivity index (χ1n) is 13.2. The number of ether oxygens (including phenoxy) is 3. The monoisotopic (exact) mass is 626 g/mol. The van der Waals surface area contributed by atoms with Gasteiger partial charge in [-0.3, -0.25) is 0 Å². The Morgan fingerprint density at radius 2 is 1.67 bits per heavy atom. The van der Waals surface area contributed by atoms with Crippen LogP contribution >= 0.6 is 0 Å². The minimum atomic E-state index is -4.21. The lowest BCUT2D eigenvalue weighted by Crippen LogP contribution is -2.35. The number of rotatable bonds is 6. The maximum Gasteiger partial charge on any atom is 0.408 e. The molecule has 43 heavy (non-hydrogen) atoms. The molecule has 1 unspecified atom stereocenters. The maximum atomic E-state index is 14.1. The quantitative estimate of drug-likeness (QED) is 0.301. The largest absolute Gasteiger partial charge is 0.490 e. The molecular weight excluding hydrogens is 596 g/mol. The summed E-state index contributed by atoms with van der Waals surface area (Å²) in [6.45, 7) is 5.34. The summed E-state index contributed by atoms with van der Waals surface area (Å²) in [5.74, 6) is -0.515. The fourth-order valence-electron chi connectivity index (χ4n) is 4.95. The fourth-order valence-corrected chi connectivity index (χ4v) is 7.35. The summed E-state index contributed by atoms with van der Waals surface area (Å²) in [7, 11) is -6.91. The van der Waals surface area contributed by atoms with Crippen LogP contribution < -0.4 is 10.1 Å². The number of nitrogens with zero attached hydrogens (tertiary/aromatic N) is 1. The molecule has 1 aliphatic rings. The van der Waals surface area contributed by atoms with Gasteiger partial charge in [-0.15, -0.1) is 0 Å². The van der Waals surface area contributed by atoms with Gasteiger partial charge in [0, 0.05) is 22.8 Å². The van der Waals surface area contributed by atoms with Crippen molar-refractivity contribution in [2.24, 2.45) is 0 Å². The number of esters is 1. The molecule has 0 saturated carbocycles. The molecule has 1 N–H and O–H groups in total. The van der Waals surface area contributed by atoms with Crippen molar-refractivity contribution in [3.63, 3.8) is 0 Å². The van der Waals surface area contributed by atoms with Crippen LogP contribution in [0.2, 0.25) is 0 Å². The number of alkyl carbamates (subject to hydrolysis) is 1. The van der Waals surface area contributed by atoms with E-state index in [2.05, 4.69) is 5.32 Å². The lowest BCUT2D eigenvalue weighted by molar-refractivity contribution is 0.0496. The van der Waals surface area contributed by atoms with Gasteiger partial charge < -0.3 is 19.5 Å². The number of hydrogen-bond donors (Lipinski definition) is 1. The van der Waals surface area contributed by atoms with Gasteiger partial charge in [0.05, 0.1) is 39.7 Å². The Kier molecular flexibility index (Phi) is 7.51. The number of fused-ring (bicyclic) bond motifs is 3. The van der Waals surface area contributed by atoms with E-state index in [4.69, 9.17) is 14.2 Å². The standard InChI is InChI=1S/C30H30N2O9S2/c1-30(2,3)41-29(34)31-23-17-40-27-20(23)12-13-24-21(27)16-25(32(24)43(37,38)19-9-7-6-8-10-19)18-11-14-26(42(5,35)36)22(15-18)28(33)39-4/h6-16,23H,17H2,1-5H3,(H,31,34). The van der Waals surface area contributed by atoms with Gasteiger partial charge >= 0.3 is 12.1 Å². The van der Waals surface area contributed by atoms with E-state index in [0.717, 1.165) is 17.3 Å². The molecule has 2 heterocycles. The number of carbonyl (C=O) groups excluding carboxylic acids is 2. The second kappa shape index (κ2) is 10.7. The number of hydrogen-bond acceptors (Lipinski definition) is 9. The number of aromatic nitrogens is 1. The molecule has 0 fully saturated rings. The first-order valence-corrected chi connectivity index (χ1v) is 16.5. The van der Waals surface area contributed by atoms with Gasteiger partial charge in [-0.2, -0.15) is 0 Å². The van der Waals surface area contributed by atoms with Crippen LogP contribution in [0, 0.1) is 0 Å². The number of benzene rings is 3. The molecule has 0 spiro atoms. The summed E-state index contributed by atoms with van der Waals surface area (Å²) in [5, 5.41) is 3.23. The van der Waals surface area contributed by atoms with Crippen molar-refractivity contribution in [2.45, 2.75) is 42.2 Å². The zero-order valence-corrected chi connectivity index (χ0v) is 25.7. The summed E-state index contributed by atoms with van der Waals surface area (Å²) in [6.07, 6.45) is 0.341. The third kappa shape index (κ3) is 5.69. The highest BCUT2D eigenvalue weighted by molar-refractivity contribution is 7.91. The van der Waals surface area contributed by atoms with Gasteiger partial charge in [-0.05, 0) is 57.2 Å². The molecule has 0 radical (unpaired) electrons. The van der Waals surface area contributed by atoms with E-state index in [1.807, 2.05) is 0 Å². The van der Waals surface area contributed by atoms with Gasteiger partial charge in [0.2, 0.25) is 0 Å². The van der Waals surface area contributed by atoms with Crippen LogP contribution in [0.5, 0.6) is 5.75 Å². The van der Waals surface area contributed by atoms with Crippen LogP contribution in [0.4, 0.5) is 4.79 Å². The smallest absolute Gasteiger partial charge is 0.408 e. The van der Waals surface area contributed by atoms with Gasteiger partial charge in [0.15, 0.2) is 9.84 Å². The molecule has 1 amide bonds. The average molecular weight is 627 g/mol. The zero-order chi connectivity index (χ0) is 31.3. The third-order valence-corrected chi connectivity index (χ3v) is 9.64. The van der Waals surface area contributed by atoms with Gasteiger partial charge in [-0.1, -0.05) is 30.3 Å². The van der Waals surface area contributed by atoms with Crippen molar-refractivity contribution < 1.29 is 40.6 Å². The van der Waals surface area contributed by atoms with E-state index in [1.165, 1.54) is 30.3 Å². The molecule has 11 nitrogen and oxygen atoms in total. The summed E-state index contributed by atoms with van der Waals surface area (Å²) >= 11 is 0. The fraction of sp³-hybridized carbons (Fsp3) is 0.267. The van der Waals surface area contributed by atoms with Crippen molar-refractivity contribution in [3.8, 4) is 17.0 Å². The highest BCUT2D eigenvalue weighted by Gasteiger charge is 2.33. The van der Waals surface area contributed by atoms with Crippen LogP contribution in [-0.2, 0) is 29.3 Å². The first-order chi connectivity index (χ1) is 20.1. The number of nitrogens with one attached hydrogen (secondary N) is 1. The third-order valence-electron chi connectivity index (χ3n) is 6.74. The highest BCUT2D eigenvalue weighted by Crippen LogP contribution is 2.43. The molecule has 1 atom stereocenters. The minimum absolute atomic E-state index is 0.0144. The van der Waals surface area contributed by atoms with Crippen molar-refractivity contribution in [1.82, 2.24) is 9.29 Å². The molecule has 13 heteroatoms. The topological polar surface area (TPSA) is 147 Å². The molecule has 3 aromatic carbocycles. The van der Waals surface area contributed by atoms with E-state index in [0.29, 0.717) is 16.7 Å². The molecule has 0 aliphatic carbocycles. The van der Waals surface area contributed by atoms with E-state index in [-0.39, 0.29) is 38.7 Å². The zero-order valence-electron chi connectivity index (χ0n) is 24.1. The predicted octanol–water partition coefficient (Wildman–Crippen LogP) is 4.69. The van der Waals surface area contributed by atoms with E-state index in [1.54, 1.807) is 57.2 Å². The van der Waals surface area contributed by atoms with Gasteiger partial charge in [0.25, 0.3) is 10.0 Å². The molecular formula is C30H30N2O9S2. The van der Waals surface area contributed by atoms with Crippen LogP contribution in [0.25, 0.3) is 22.2 Å². The molecule has 4 aromatic rings. The number of amides is 1. The van der Waals surface area contributed by atoms with Crippen LogP contribution in [0.1, 0.15) is 42.7 Å². The Bertz CT molecular complexity index is 1980. The number of methoxy groups -OCH3 is 1. The van der Waals surface area contributed by atoms with Gasteiger partial charge in [0.1, 0.15) is 18.0 Å². The normalized spacial score (nSPS) is 15.0. The number of carbonyl (C=O) groups is 2. The lowest BCUT2D eigenvalue weighted by atomic mass is 10.1. The molecule has 0 saturated heterocycles. The second-order valence-electron chi connectivity index (χ2n) is 11.0. The minimum Gasteiger partial charge on any atom is -0.490 e. The summed E-state index contributed by atoms with van der Waals surface area (Å²) in [4.78, 5) is 24.9. The maximum absolute atomic E-state index is 14.1. The van der Waals surface area contributed by atoms with Crippen molar-refractivity contribution >= 4 is 42.8 Å². The van der Waals surface area contributed by atoms with Gasteiger partial charge in [-0.25, -0.2) is 30.4 Å². The van der Waals surface area contributed by atoms with Crippen LogP contribution in [0.15, 0.2) is 76.5 Å². The highest BCUT2D eigenvalue weighted by atomic mass is 32.2. The van der Waals surface area contributed by atoms with Crippen molar-refractivity contribution in [1.29, 1.82) is 0 Å². The Morgan fingerprint density at radius 1 is 0.977 bits per heavy atom. The molecule has 226 valence electrons. The van der Waals surface area contributed by atoms with E-state index >= 15 is 0 Å². The van der Waals surface area contributed by atoms with Crippen LogP contribution in [-0.4, -0.2) is 58.4 Å². The number of sulfone groups is 1. The second-order valence-corrected chi connectivity index (χ2v) is 14.8. The predicted molar refractivity (Wildman–Crippen MR) is 158 cm³/mol. The first kappa shape index (κ1) is 30.1. The SMILES string of the molecule is COC(=O)c1cc(-c2cc3c4c(ccc3n2S(=O)(=O)c2ccccc2)C(NC(=O)OC(C)(C)C)CO4)ccc1S(C)(=O)=O. The molecule has 1 aliphatic heterocycles. The lowest BCUT2D eigenvalue weighted by Gasteiger charge is -2.21.